The number of likely N-dealkylation sites (tertiary alicyclic amines) is 1. The van der Waals surface area contributed by atoms with E-state index in [0.717, 1.165) is 31.2 Å². The van der Waals surface area contributed by atoms with Crippen molar-refractivity contribution in [3.8, 4) is 0 Å². The molecule has 2 aromatic rings. The van der Waals surface area contributed by atoms with E-state index in [1.54, 1.807) is 10.9 Å². The normalized spacial score (nSPS) is 19.6. The van der Waals surface area contributed by atoms with Gasteiger partial charge >= 0.3 is 5.97 Å². The van der Waals surface area contributed by atoms with Crippen molar-refractivity contribution in [1.82, 2.24) is 14.7 Å². The summed E-state index contributed by atoms with van der Waals surface area (Å²) in [6.07, 6.45) is 6.42. The van der Waals surface area contributed by atoms with E-state index in [4.69, 9.17) is 5.11 Å². The zero-order chi connectivity index (χ0) is 17.4. The van der Waals surface area contributed by atoms with Crippen molar-refractivity contribution in [3.63, 3.8) is 0 Å². The molecule has 1 aromatic carbocycles. The lowest BCUT2D eigenvalue weighted by molar-refractivity contribution is -0.135. The minimum absolute atomic E-state index is 0.157. The fraction of sp³-hybridized carbons (Fsp3) is 0.421. The summed E-state index contributed by atoms with van der Waals surface area (Å²) in [5.74, 6) is -0.721. The van der Waals surface area contributed by atoms with Gasteiger partial charge in [0.2, 0.25) is 5.91 Å². The van der Waals surface area contributed by atoms with Crippen LogP contribution in [0, 0.1) is 0 Å². The van der Waals surface area contributed by atoms with Crippen LogP contribution in [0.25, 0.3) is 0 Å². The van der Waals surface area contributed by atoms with Crippen LogP contribution in [0.2, 0.25) is 0 Å². The Hall–Kier alpha value is -2.63. The summed E-state index contributed by atoms with van der Waals surface area (Å²) in [7, 11) is 0. The number of aromatic nitrogens is 2. The maximum absolute atomic E-state index is 13.0. The Morgan fingerprint density at radius 1 is 1.12 bits per heavy atom. The molecule has 2 heterocycles. The lowest BCUT2D eigenvalue weighted by Crippen LogP contribution is -2.44. The van der Waals surface area contributed by atoms with Gasteiger partial charge in [0, 0.05) is 19.3 Å². The number of hydrogen-bond acceptors (Lipinski definition) is 3. The fourth-order valence-corrected chi connectivity index (χ4v) is 3.79. The largest absolute Gasteiger partial charge is 0.478 e. The first-order valence-electron chi connectivity index (χ1n) is 8.72. The van der Waals surface area contributed by atoms with Gasteiger partial charge in [-0.1, -0.05) is 30.3 Å². The average Bonchev–Trinajstić information content (AvgIpc) is 3.31. The molecule has 1 aliphatic heterocycles. The quantitative estimate of drug-likeness (QED) is 0.928. The van der Waals surface area contributed by atoms with Crippen molar-refractivity contribution >= 4 is 11.9 Å². The van der Waals surface area contributed by atoms with Gasteiger partial charge < -0.3 is 10.0 Å². The molecule has 0 atom stereocenters. The van der Waals surface area contributed by atoms with Gasteiger partial charge in [0.05, 0.1) is 23.2 Å². The molecule has 1 aliphatic carbocycles. The number of rotatable bonds is 4. The number of hydrogen-bond donors (Lipinski definition) is 1. The maximum Gasteiger partial charge on any atom is 0.338 e. The smallest absolute Gasteiger partial charge is 0.338 e. The molecule has 25 heavy (non-hydrogen) atoms. The van der Waals surface area contributed by atoms with Crippen molar-refractivity contribution in [2.24, 2.45) is 0 Å². The van der Waals surface area contributed by atoms with Crippen molar-refractivity contribution < 1.29 is 14.7 Å². The summed E-state index contributed by atoms with van der Waals surface area (Å²) < 4.78 is 1.73. The van der Waals surface area contributed by atoms with Crippen LogP contribution in [0.4, 0.5) is 0 Å². The molecule has 1 aromatic heterocycles. The Kier molecular flexibility index (Phi) is 3.82. The van der Waals surface area contributed by atoms with Gasteiger partial charge in [0.15, 0.2) is 0 Å². The molecule has 2 aliphatic rings. The first-order valence-corrected chi connectivity index (χ1v) is 8.72. The Morgan fingerprint density at radius 2 is 1.80 bits per heavy atom. The Balaban J connectivity index is 1.42. The first-order chi connectivity index (χ1) is 12.1. The topological polar surface area (TPSA) is 75.4 Å². The van der Waals surface area contributed by atoms with E-state index in [1.165, 1.54) is 6.20 Å². The second-order valence-electron chi connectivity index (χ2n) is 6.99. The van der Waals surface area contributed by atoms with Crippen LogP contribution < -0.4 is 0 Å². The molecule has 0 radical (unpaired) electrons. The van der Waals surface area contributed by atoms with E-state index in [1.807, 2.05) is 23.1 Å². The number of piperidine rings is 1. The highest BCUT2D eigenvalue weighted by molar-refractivity contribution is 5.91. The second-order valence-corrected chi connectivity index (χ2v) is 6.99. The van der Waals surface area contributed by atoms with E-state index in [9.17, 15) is 9.59 Å². The predicted octanol–water partition coefficient (Wildman–Crippen LogP) is 2.48. The average molecular weight is 339 g/mol. The SMILES string of the molecule is O=C(O)c1cnn(C2CCN(C(=O)C3(c4ccccc4)CC3)CC2)c1. The summed E-state index contributed by atoms with van der Waals surface area (Å²) >= 11 is 0. The summed E-state index contributed by atoms with van der Waals surface area (Å²) in [6, 6.07) is 10.2. The molecule has 2 fully saturated rings. The molecular weight excluding hydrogens is 318 g/mol. The third-order valence-corrected chi connectivity index (χ3v) is 5.46. The van der Waals surface area contributed by atoms with Crippen LogP contribution in [0.3, 0.4) is 0 Å². The molecule has 4 rings (SSSR count). The lowest BCUT2D eigenvalue weighted by atomic mass is 9.93. The van der Waals surface area contributed by atoms with Crippen LogP contribution in [0.5, 0.6) is 0 Å². The number of carbonyl (C=O) groups is 2. The fourth-order valence-electron chi connectivity index (χ4n) is 3.79. The van der Waals surface area contributed by atoms with E-state index in [-0.39, 0.29) is 22.9 Å². The summed E-state index contributed by atoms with van der Waals surface area (Å²) in [5.41, 5.74) is 1.02. The third-order valence-electron chi connectivity index (χ3n) is 5.46. The minimum Gasteiger partial charge on any atom is -0.478 e. The molecule has 6 nitrogen and oxygen atoms in total. The van der Waals surface area contributed by atoms with Crippen molar-refractivity contribution in [2.75, 3.05) is 13.1 Å². The predicted molar refractivity (Wildman–Crippen MR) is 91.4 cm³/mol. The van der Waals surface area contributed by atoms with Crippen LogP contribution in [-0.4, -0.2) is 44.8 Å². The number of nitrogens with zero attached hydrogens (tertiary/aromatic N) is 3. The zero-order valence-electron chi connectivity index (χ0n) is 14.0. The molecule has 0 unspecified atom stereocenters. The number of carboxylic acid groups (broad SMARTS) is 1. The summed E-state index contributed by atoms with van der Waals surface area (Å²) in [6.45, 7) is 1.39. The van der Waals surface area contributed by atoms with Gasteiger partial charge in [-0.3, -0.25) is 9.48 Å². The monoisotopic (exact) mass is 339 g/mol. The van der Waals surface area contributed by atoms with Crippen molar-refractivity contribution in [2.45, 2.75) is 37.1 Å². The van der Waals surface area contributed by atoms with Gasteiger partial charge in [-0.25, -0.2) is 4.79 Å². The number of benzene rings is 1. The molecule has 1 N–H and O–H groups in total. The van der Waals surface area contributed by atoms with Crippen LogP contribution in [0.1, 0.15) is 47.6 Å². The van der Waals surface area contributed by atoms with Crippen LogP contribution in [-0.2, 0) is 10.2 Å². The first kappa shape index (κ1) is 15.9. The maximum atomic E-state index is 13.0. The second kappa shape index (κ2) is 6.02. The molecule has 6 heteroatoms. The highest BCUT2D eigenvalue weighted by Gasteiger charge is 2.53. The zero-order valence-corrected chi connectivity index (χ0v) is 14.0. The van der Waals surface area contributed by atoms with E-state index in [0.29, 0.717) is 13.1 Å². The molecule has 0 bridgehead atoms. The molecule has 1 saturated carbocycles. The molecule has 130 valence electrons. The molecule has 1 amide bonds. The van der Waals surface area contributed by atoms with Gasteiger partial charge in [0.1, 0.15) is 0 Å². The Morgan fingerprint density at radius 3 is 2.36 bits per heavy atom. The summed E-state index contributed by atoms with van der Waals surface area (Å²) in [5, 5.41) is 13.2. The van der Waals surface area contributed by atoms with Gasteiger partial charge in [-0.15, -0.1) is 0 Å². The number of carboxylic acids is 1. The van der Waals surface area contributed by atoms with E-state index < -0.39 is 5.97 Å². The van der Waals surface area contributed by atoms with Crippen LogP contribution >= 0.6 is 0 Å². The molecule has 0 spiro atoms. The van der Waals surface area contributed by atoms with Crippen molar-refractivity contribution in [1.29, 1.82) is 0 Å². The number of carbonyl (C=O) groups excluding carboxylic acids is 1. The number of amides is 1. The standard InChI is InChI=1S/C19H21N3O3/c23-17(24)14-12-20-22(13-14)16-6-10-21(11-7-16)18(25)19(8-9-19)15-4-2-1-3-5-15/h1-5,12-13,16H,6-11H2,(H,23,24). The highest BCUT2D eigenvalue weighted by Crippen LogP contribution is 2.50. The Bertz CT molecular complexity index is 787. The third kappa shape index (κ3) is 2.81. The minimum atomic E-state index is -0.961. The van der Waals surface area contributed by atoms with Gasteiger partial charge in [0.25, 0.3) is 0 Å². The van der Waals surface area contributed by atoms with Crippen molar-refractivity contribution in [3.05, 3.63) is 53.9 Å². The number of aromatic carboxylic acids is 1. The lowest BCUT2D eigenvalue weighted by Gasteiger charge is -2.34. The molecular formula is C19H21N3O3. The van der Waals surface area contributed by atoms with Gasteiger partial charge in [-0.05, 0) is 31.2 Å². The van der Waals surface area contributed by atoms with E-state index >= 15 is 0 Å². The highest BCUT2D eigenvalue weighted by atomic mass is 16.4. The van der Waals surface area contributed by atoms with Crippen LogP contribution in [0.15, 0.2) is 42.7 Å². The van der Waals surface area contributed by atoms with Gasteiger partial charge in [-0.2, -0.15) is 5.10 Å². The summed E-state index contributed by atoms with van der Waals surface area (Å²) in [4.78, 5) is 26.0. The Labute approximate surface area is 146 Å². The van der Waals surface area contributed by atoms with E-state index in [2.05, 4.69) is 17.2 Å². The molecule has 1 saturated heterocycles.